The number of hydrogen-bond donors (Lipinski definition) is 0. The molecule has 2 aliphatic heterocycles. The van der Waals surface area contributed by atoms with Crippen molar-refractivity contribution < 1.29 is 8.97 Å². The third kappa shape index (κ3) is 4.72. The monoisotopic (exact) mass is 482 g/mol. The number of aromatic nitrogens is 1. The van der Waals surface area contributed by atoms with Crippen molar-refractivity contribution in [1.29, 1.82) is 0 Å². The minimum Gasteiger partial charge on any atom is -0.344 e. The molecule has 0 bridgehead atoms. The first-order valence-corrected chi connectivity index (χ1v) is 13.4. The minimum atomic E-state index is 0.435. The third-order valence-electron chi connectivity index (χ3n) is 8.03. The first kappa shape index (κ1) is 24.7. The zero-order valence-corrected chi connectivity index (χ0v) is 22.6. The van der Waals surface area contributed by atoms with Gasteiger partial charge in [0.05, 0.1) is 47.0 Å². The van der Waals surface area contributed by atoms with Crippen molar-refractivity contribution in [1.82, 2.24) is 4.57 Å². The molecule has 0 saturated carbocycles. The maximum Gasteiger partial charge on any atom is 0.107 e. The molecule has 2 aromatic carbocycles. The zero-order valence-electron chi connectivity index (χ0n) is 22.6. The average Bonchev–Trinajstić information content (AvgIpc) is 3.27. The summed E-state index contributed by atoms with van der Waals surface area (Å²) in [5, 5.41) is 1.42. The molecule has 0 radical (unpaired) electrons. The van der Waals surface area contributed by atoms with Crippen LogP contribution in [0.2, 0.25) is 0 Å². The molecule has 4 heteroatoms. The van der Waals surface area contributed by atoms with Crippen LogP contribution in [0.3, 0.4) is 0 Å². The van der Waals surface area contributed by atoms with Gasteiger partial charge in [-0.2, -0.15) is 0 Å². The van der Waals surface area contributed by atoms with E-state index in [1.54, 1.807) is 0 Å². The van der Waals surface area contributed by atoms with Crippen LogP contribution >= 0.6 is 0 Å². The number of nitrogens with zero attached hydrogens (tertiary/aromatic N) is 4. The third-order valence-corrected chi connectivity index (χ3v) is 8.03. The predicted octanol–water partition coefficient (Wildman–Crippen LogP) is 6.37. The van der Waals surface area contributed by atoms with E-state index in [9.17, 15) is 0 Å². The van der Waals surface area contributed by atoms with Crippen LogP contribution in [0.4, 0.5) is 5.69 Å². The first-order valence-electron chi connectivity index (χ1n) is 13.4. The molecule has 36 heavy (non-hydrogen) atoms. The van der Waals surface area contributed by atoms with Crippen LogP contribution in [0, 0.1) is 0 Å². The predicted molar refractivity (Wildman–Crippen MR) is 153 cm³/mol. The summed E-state index contributed by atoms with van der Waals surface area (Å²) >= 11 is 0. The lowest BCUT2D eigenvalue weighted by Crippen LogP contribution is -2.39. The van der Waals surface area contributed by atoms with Gasteiger partial charge in [-0.05, 0) is 48.8 Å². The van der Waals surface area contributed by atoms with E-state index in [1.807, 2.05) is 12.2 Å². The van der Waals surface area contributed by atoms with E-state index in [0.29, 0.717) is 5.92 Å². The van der Waals surface area contributed by atoms with Crippen LogP contribution in [0.25, 0.3) is 10.9 Å². The number of aryl methyl sites for hydroxylation is 1. The quantitative estimate of drug-likeness (QED) is 0.262. The lowest BCUT2D eigenvalue weighted by atomic mass is 9.87. The maximum absolute atomic E-state index is 5.16. The van der Waals surface area contributed by atoms with Crippen molar-refractivity contribution >= 4 is 22.3 Å². The van der Waals surface area contributed by atoms with Crippen molar-refractivity contribution in [3.05, 3.63) is 90.2 Å². The maximum atomic E-state index is 5.16. The highest BCUT2D eigenvalue weighted by Crippen LogP contribution is 2.42. The number of likely N-dealkylation sites (N-methyl/N-ethyl adjacent to an activating group) is 2. The number of rotatable bonds is 8. The van der Waals surface area contributed by atoms with Crippen molar-refractivity contribution in [3.63, 3.8) is 0 Å². The second-order valence-electron chi connectivity index (χ2n) is 12.1. The Morgan fingerprint density at radius 1 is 0.944 bits per heavy atom. The normalized spacial score (nSPS) is 17.6. The number of quaternary nitrogens is 2. The standard InChI is InChI=1S/C32H42N4/c1-7-19-35(3,4)22-24-13-15-29-27(21-24)25-14-16-32-28(23-36(5,6)20-8-2)26-11-9-10-12-31(26)34(32)18-17-30(25)33-29/h7-13,15,21,25H,1-2,14,16-20,22-23H2,3-6H3/q+2. The molecule has 3 aromatic rings. The summed E-state index contributed by atoms with van der Waals surface area (Å²) in [5.74, 6) is 0.435. The Morgan fingerprint density at radius 2 is 1.67 bits per heavy atom. The number of fused-ring (bicyclic) bond motifs is 6. The Balaban J connectivity index is 1.48. The number of para-hydroxylation sites is 1. The van der Waals surface area contributed by atoms with Crippen LogP contribution < -0.4 is 0 Å². The number of hydrogen-bond acceptors (Lipinski definition) is 1. The Kier molecular flexibility index (Phi) is 6.52. The van der Waals surface area contributed by atoms with Gasteiger partial charge in [-0.1, -0.05) is 37.4 Å². The lowest BCUT2D eigenvalue weighted by Gasteiger charge is -2.29. The zero-order chi connectivity index (χ0) is 25.5. The molecule has 1 aromatic heterocycles. The van der Waals surface area contributed by atoms with Crippen molar-refractivity contribution in [3.8, 4) is 0 Å². The summed E-state index contributed by atoms with van der Waals surface area (Å²) < 4.78 is 4.44. The molecule has 0 amide bonds. The Labute approximate surface area is 217 Å². The van der Waals surface area contributed by atoms with Gasteiger partial charge in [0.2, 0.25) is 0 Å². The summed E-state index contributed by atoms with van der Waals surface area (Å²) in [7, 11) is 9.18. The molecule has 5 rings (SSSR count). The van der Waals surface area contributed by atoms with Gasteiger partial charge in [-0.15, -0.1) is 0 Å². The van der Waals surface area contributed by atoms with Gasteiger partial charge in [-0.3, -0.25) is 4.99 Å². The molecule has 2 aliphatic rings. The van der Waals surface area contributed by atoms with E-state index in [0.717, 1.165) is 61.0 Å². The van der Waals surface area contributed by atoms with Crippen LogP contribution in [-0.2, 0) is 26.1 Å². The molecular weight excluding hydrogens is 440 g/mol. The van der Waals surface area contributed by atoms with Crippen LogP contribution in [0.5, 0.6) is 0 Å². The van der Waals surface area contributed by atoms with Crippen LogP contribution in [0.15, 0.2) is 72.8 Å². The van der Waals surface area contributed by atoms with Gasteiger partial charge < -0.3 is 13.5 Å². The van der Waals surface area contributed by atoms with Gasteiger partial charge in [0.25, 0.3) is 0 Å². The molecular formula is C32H42N4+2. The van der Waals surface area contributed by atoms with Crippen LogP contribution in [-0.4, -0.2) is 60.5 Å². The smallest absolute Gasteiger partial charge is 0.107 e. The summed E-state index contributed by atoms with van der Waals surface area (Å²) in [6.07, 6.45) is 7.30. The Bertz CT molecular complexity index is 1340. The fourth-order valence-electron chi connectivity index (χ4n) is 6.45. The molecule has 0 aliphatic carbocycles. The number of aliphatic imine (C=N–C) groups is 1. The second kappa shape index (κ2) is 9.49. The fraction of sp³-hybridized carbons (Fsp3) is 0.406. The molecule has 1 unspecified atom stereocenters. The van der Waals surface area contributed by atoms with E-state index in [2.05, 4.69) is 88.4 Å². The molecule has 0 saturated heterocycles. The van der Waals surface area contributed by atoms with Crippen molar-refractivity contribution in [2.75, 3.05) is 41.3 Å². The molecule has 1 atom stereocenters. The molecule has 3 heterocycles. The highest BCUT2D eigenvalue weighted by atomic mass is 15.3. The second-order valence-corrected chi connectivity index (χ2v) is 12.1. The van der Waals surface area contributed by atoms with Gasteiger partial charge >= 0.3 is 0 Å². The van der Waals surface area contributed by atoms with E-state index < -0.39 is 0 Å². The largest absolute Gasteiger partial charge is 0.344 e. The van der Waals surface area contributed by atoms with Gasteiger partial charge in [0.1, 0.15) is 13.1 Å². The average molecular weight is 483 g/mol. The molecule has 188 valence electrons. The topological polar surface area (TPSA) is 17.3 Å². The number of benzene rings is 2. The van der Waals surface area contributed by atoms with Gasteiger partial charge in [0, 0.05) is 52.3 Å². The Hall–Kier alpha value is -2.95. The van der Waals surface area contributed by atoms with E-state index >= 15 is 0 Å². The molecule has 0 fully saturated rings. The highest BCUT2D eigenvalue weighted by molar-refractivity contribution is 5.98. The summed E-state index contributed by atoms with van der Waals surface area (Å²) in [6, 6.07) is 16.0. The van der Waals surface area contributed by atoms with E-state index in [-0.39, 0.29) is 0 Å². The first-order chi connectivity index (χ1) is 17.2. The van der Waals surface area contributed by atoms with Crippen molar-refractivity contribution in [2.45, 2.75) is 44.8 Å². The minimum absolute atomic E-state index is 0.435. The van der Waals surface area contributed by atoms with Gasteiger partial charge in [0.15, 0.2) is 0 Å². The Morgan fingerprint density at radius 3 is 2.42 bits per heavy atom. The van der Waals surface area contributed by atoms with E-state index in [1.165, 1.54) is 44.7 Å². The van der Waals surface area contributed by atoms with Crippen LogP contribution in [0.1, 0.15) is 41.1 Å². The molecule has 4 nitrogen and oxygen atoms in total. The summed E-state index contributed by atoms with van der Waals surface area (Å²) in [6.45, 7) is 12.9. The van der Waals surface area contributed by atoms with Gasteiger partial charge in [-0.25, -0.2) is 0 Å². The summed E-state index contributed by atoms with van der Waals surface area (Å²) in [4.78, 5) is 5.16. The van der Waals surface area contributed by atoms with E-state index in [4.69, 9.17) is 4.99 Å². The fourth-order valence-corrected chi connectivity index (χ4v) is 6.45. The SMILES string of the molecule is C=CC[N+](C)(C)Cc1ccc2c(c1)C1CCc3c(C[N+](C)(C)CC=C)c4ccccc4n3CCC1=N2. The van der Waals surface area contributed by atoms with Crippen molar-refractivity contribution in [2.24, 2.45) is 4.99 Å². The molecule has 0 spiro atoms. The highest BCUT2D eigenvalue weighted by Gasteiger charge is 2.32. The summed E-state index contributed by atoms with van der Waals surface area (Å²) in [5.41, 5.74) is 9.82. The molecule has 0 N–H and O–H groups in total. The lowest BCUT2D eigenvalue weighted by molar-refractivity contribution is -0.897.